The second-order valence-electron chi connectivity index (χ2n) is 7.16. The van der Waals surface area contributed by atoms with E-state index >= 15 is 0 Å². The molecule has 0 aliphatic carbocycles. The van der Waals surface area contributed by atoms with Crippen LogP contribution < -0.4 is 4.90 Å². The molecule has 156 valence electrons. The number of amidine groups is 1. The molecule has 0 bridgehead atoms. The number of benzene rings is 1. The topological polar surface area (TPSA) is 103 Å². The third kappa shape index (κ3) is 3.37. The zero-order valence-corrected chi connectivity index (χ0v) is 17.5. The summed E-state index contributed by atoms with van der Waals surface area (Å²) >= 11 is 1.27. The highest BCUT2D eigenvalue weighted by molar-refractivity contribution is 8.15. The number of thioether (sulfide) groups is 1. The number of nitrogens with zero attached hydrogens (tertiary/aromatic N) is 4. The standard InChI is InChI=1S/C19H18N4O5S2/c24-17(21-5-7-22(8-6-21)18(25)15-2-1-10-28-15)13-3-4-14-16(12-13)29-19-20-30(26,27)11-9-23(14)19/h1-4,10,12H,5-9,11H2. The minimum Gasteiger partial charge on any atom is -0.459 e. The lowest BCUT2D eigenvalue weighted by Crippen LogP contribution is -2.50. The van der Waals surface area contributed by atoms with Gasteiger partial charge < -0.3 is 19.1 Å². The number of furan rings is 1. The highest BCUT2D eigenvalue weighted by Gasteiger charge is 2.34. The van der Waals surface area contributed by atoms with Crippen LogP contribution in [0.5, 0.6) is 0 Å². The third-order valence-corrected chi connectivity index (χ3v) is 7.61. The molecular weight excluding hydrogens is 428 g/mol. The molecule has 2 amide bonds. The first-order valence-corrected chi connectivity index (χ1v) is 11.9. The zero-order valence-electron chi connectivity index (χ0n) is 15.9. The molecule has 0 N–H and O–H groups in total. The van der Waals surface area contributed by atoms with Gasteiger partial charge in [0.05, 0.1) is 17.7 Å². The van der Waals surface area contributed by atoms with E-state index < -0.39 is 10.0 Å². The molecule has 9 nitrogen and oxygen atoms in total. The fourth-order valence-electron chi connectivity index (χ4n) is 3.71. The van der Waals surface area contributed by atoms with Crippen LogP contribution in [0.1, 0.15) is 20.9 Å². The SMILES string of the molecule is O=C(c1ccc2c(c1)SC1=NS(=O)(=O)CCN12)N1CCN(C(=O)c2ccco2)CC1. The van der Waals surface area contributed by atoms with Crippen LogP contribution in [-0.4, -0.2) is 73.7 Å². The van der Waals surface area contributed by atoms with Gasteiger partial charge in [0.2, 0.25) is 0 Å². The molecule has 0 radical (unpaired) electrons. The Kier molecular flexibility index (Phi) is 4.58. The monoisotopic (exact) mass is 446 g/mol. The van der Waals surface area contributed by atoms with E-state index in [2.05, 4.69) is 4.40 Å². The molecular formula is C19H18N4O5S2. The molecule has 1 aromatic carbocycles. The second kappa shape index (κ2) is 7.17. The molecule has 11 heteroatoms. The predicted octanol–water partition coefficient (Wildman–Crippen LogP) is 1.49. The average molecular weight is 447 g/mol. The van der Waals surface area contributed by atoms with Gasteiger partial charge in [-0.05, 0) is 42.1 Å². The molecule has 0 unspecified atom stereocenters. The maximum absolute atomic E-state index is 13.0. The molecule has 5 rings (SSSR count). The van der Waals surface area contributed by atoms with Gasteiger partial charge in [0.15, 0.2) is 10.9 Å². The maximum Gasteiger partial charge on any atom is 0.289 e. The Morgan fingerprint density at radius 2 is 1.73 bits per heavy atom. The molecule has 3 aliphatic heterocycles. The van der Waals surface area contributed by atoms with E-state index in [4.69, 9.17) is 4.42 Å². The Balaban J connectivity index is 1.28. The number of anilines is 1. The number of amides is 2. The summed E-state index contributed by atoms with van der Waals surface area (Å²) in [6.45, 7) is 2.11. The fourth-order valence-corrected chi connectivity index (χ4v) is 6.01. The molecule has 1 fully saturated rings. The van der Waals surface area contributed by atoms with E-state index in [1.54, 1.807) is 34.1 Å². The molecule has 4 heterocycles. The van der Waals surface area contributed by atoms with Crippen molar-refractivity contribution in [1.82, 2.24) is 9.80 Å². The van der Waals surface area contributed by atoms with Gasteiger partial charge in [-0.25, -0.2) is 8.42 Å². The van der Waals surface area contributed by atoms with E-state index in [0.29, 0.717) is 49.2 Å². The minimum atomic E-state index is -3.42. The molecule has 1 aromatic heterocycles. The van der Waals surface area contributed by atoms with Crippen LogP contribution in [0.2, 0.25) is 0 Å². The van der Waals surface area contributed by atoms with Crippen LogP contribution >= 0.6 is 11.8 Å². The summed E-state index contributed by atoms with van der Waals surface area (Å²) in [4.78, 5) is 31.4. The van der Waals surface area contributed by atoms with E-state index in [1.165, 1.54) is 18.0 Å². The van der Waals surface area contributed by atoms with Crippen LogP contribution in [0, 0.1) is 0 Å². The van der Waals surface area contributed by atoms with Crippen LogP contribution in [0.15, 0.2) is 50.3 Å². The fraction of sp³-hybridized carbons (Fsp3) is 0.316. The van der Waals surface area contributed by atoms with Gasteiger partial charge in [0.25, 0.3) is 21.8 Å². The first-order valence-electron chi connectivity index (χ1n) is 9.45. The van der Waals surface area contributed by atoms with Crippen LogP contribution in [0.25, 0.3) is 0 Å². The van der Waals surface area contributed by atoms with Crippen LogP contribution in [0.3, 0.4) is 0 Å². The lowest BCUT2D eigenvalue weighted by molar-refractivity contribution is 0.0518. The molecule has 0 atom stereocenters. The number of piperazine rings is 1. The summed E-state index contributed by atoms with van der Waals surface area (Å²) in [5.41, 5.74) is 1.41. The van der Waals surface area contributed by atoms with E-state index in [0.717, 1.165) is 10.6 Å². The first-order chi connectivity index (χ1) is 14.4. The summed E-state index contributed by atoms with van der Waals surface area (Å²) in [6, 6.07) is 8.69. The van der Waals surface area contributed by atoms with Crippen molar-refractivity contribution in [2.45, 2.75) is 4.90 Å². The molecule has 0 spiro atoms. The van der Waals surface area contributed by atoms with Crippen molar-refractivity contribution >= 4 is 44.5 Å². The molecule has 0 saturated carbocycles. The van der Waals surface area contributed by atoms with Crippen molar-refractivity contribution in [3.63, 3.8) is 0 Å². The summed E-state index contributed by atoms with van der Waals surface area (Å²) in [5.74, 6) is 0.00113. The number of sulfonamides is 1. The zero-order chi connectivity index (χ0) is 20.9. The Morgan fingerprint density at radius 1 is 1.00 bits per heavy atom. The van der Waals surface area contributed by atoms with Crippen LogP contribution in [-0.2, 0) is 10.0 Å². The molecule has 3 aliphatic rings. The summed E-state index contributed by atoms with van der Waals surface area (Å²) in [5, 5.41) is 0.436. The lowest BCUT2D eigenvalue weighted by atomic mass is 10.1. The highest BCUT2D eigenvalue weighted by atomic mass is 32.2. The van der Waals surface area contributed by atoms with Gasteiger partial charge in [-0.15, -0.1) is 4.40 Å². The van der Waals surface area contributed by atoms with Crippen molar-refractivity contribution in [2.75, 3.05) is 43.4 Å². The number of hydrogen-bond donors (Lipinski definition) is 0. The van der Waals surface area contributed by atoms with Crippen molar-refractivity contribution in [3.05, 3.63) is 47.9 Å². The van der Waals surface area contributed by atoms with Gasteiger partial charge in [0, 0.05) is 43.2 Å². The summed E-state index contributed by atoms with van der Waals surface area (Å²) in [7, 11) is -3.42. The van der Waals surface area contributed by atoms with Crippen molar-refractivity contribution < 1.29 is 22.4 Å². The number of rotatable bonds is 2. The summed E-state index contributed by atoms with van der Waals surface area (Å²) < 4.78 is 32.5. The molecule has 1 saturated heterocycles. The average Bonchev–Trinajstić information content (AvgIpc) is 3.39. The summed E-state index contributed by atoms with van der Waals surface area (Å²) in [6.07, 6.45) is 1.46. The van der Waals surface area contributed by atoms with Crippen LogP contribution in [0.4, 0.5) is 5.69 Å². The Morgan fingerprint density at radius 3 is 2.43 bits per heavy atom. The largest absolute Gasteiger partial charge is 0.459 e. The highest BCUT2D eigenvalue weighted by Crippen LogP contribution is 2.42. The Bertz CT molecular complexity index is 1150. The Hall–Kier alpha value is -2.79. The van der Waals surface area contributed by atoms with Crippen molar-refractivity contribution in [3.8, 4) is 0 Å². The van der Waals surface area contributed by atoms with E-state index in [9.17, 15) is 18.0 Å². The number of carbonyl (C=O) groups excluding carboxylic acids is 2. The number of fused-ring (bicyclic) bond motifs is 3. The van der Waals surface area contributed by atoms with Gasteiger partial charge in [-0.2, -0.15) is 0 Å². The number of carbonyl (C=O) groups is 2. The Labute approximate surface area is 177 Å². The lowest BCUT2D eigenvalue weighted by Gasteiger charge is -2.34. The van der Waals surface area contributed by atoms with E-state index in [-0.39, 0.29) is 17.6 Å². The quantitative estimate of drug-likeness (QED) is 0.688. The smallest absolute Gasteiger partial charge is 0.289 e. The van der Waals surface area contributed by atoms with E-state index in [1.807, 2.05) is 11.0 Å². The van der Waals surface area contributed by atoms with Gasteiger partial charge >= 0.3 is 0 Å². The third-order valence-electron chi connectivity index (χ3n) is 5.31. The van der Waals surface area contributed by atoms with Gasteiger partial charge in [0.1, 0.15) is 0 Å². The first kappa shape index (κ1) is 19.2. The van der Waals surface area contributed by atoms with Gasteiger partial charge in [-0.1, -0.05) is 0 Å². The van der Waals surface area contributed by atoms with Crippen molar-refractivity contribution in [2.24, 2.45) is 4.40 Å². The number of hydrogen-bond acceptors (Lipinski definition) is 7. The normalized spacial score (nSPS) is 19.9. The minimum absolute atomic E-state index is 0.0157. The van der Waals surface area contributed by atoms with Gasteiger partial charge in [-0.3, -0.25) is 9.59 Å². The molecule has 30 heavy (non-hydrogen) atoms. The second-order valence-corrected chi connectivity index (χ2v) is 9.92. The molecule has 2 aromatic rings. The van der Waals surface area contributed by atoms with Crippen molar-refractivity contribution in [1.29, 1.82) is 0 Å². The maximum atomic E-state index is 13.0. The predicted molar refractivity (Wildman–Crippen MR) is 111 cm³/mol.